The molecule has 4 heteroatoms. The summed E-state index contributed by atoms with van der Waals surface area (Å²) in [7, 11) is 0. The topological polar surface area (TPSA) is 28.7 Å². The van der Waals surface area contributed by atoms with E-state index >= 15 is 0 Å². The fourth-order valence-corrected chi connectivity index (χ4v) is 3.11. The molecular weight excluding hydrogens is 332 g/mol. The summed E-state index contributed by atoms with van der Waals surface area (Å²) in [6, 6.07) is 6.37. The molecule has 0 fully saturated rings. The van der Waals surface area contributed by atoms with Gasteiger partial charge in [0.15, 0.2) is 0 Å². The van der Waals surface area contributed by atoms with Crippen molar-refractivity contribution in [3.63, 3.8) is 0 Å². The Hall–Kier alpha value is -0.610. The van der Waals surface area contributed by atoms with Crippen LogP contribution in [-0.2, 0) is 6.42 Å². The maximum absolute atomic E-state index is 4.23. The fraction of sp³-hybridized carbons (Fsp3) is 0.250. The normalized spacial score (nSPS) is 12.7. The van der Waals surface area contributed by atoms with E-state index in [0.29, 0.717) is 0 Å². The van der Waals surface area contributed by atoms with E-state index in [-0.39, 0.29) is 4.83 Å². The molecule has 0 aliphatic rings. The zero-order valence-corrected chi connectivity index (χ0v) is 12.0. The van der Waals surface area contributed by atoms with E-state index in [1.54, 1.807) is 6.20 Å². The first-order valence-corrected chi connectivity index (χ1v) is 6.76. The Morgan fingerprint density at radius 1 is 1.44 bits per heavy atom. The molecule has 1 aromatic heterocycles. The van der Waals surface area contributed by atoms with E-state index in [9.17, 15) is 0 Å². The minimum atomic E-state index is 0.271. The lowest BCUT2D eigenvalue weighted by Gasteiger charge is -2.11. The van der Waals surface area contributed by atoms with Gasteiger partial charge in [-0.15, -0.1) is 0 Å². The number of halogens is 2. The van der Waals surface area contributed by atoms with Gasteiger partial charge in [0.2, 0.25) is 0 Å². The maximum Gasteiger partial charge on any atom is 0.107 e. The van der Waals surface area contributed by atoms with Gasteiger partial charge in [-0.1, -0.05) is 49.6 Å². The molecule has 0 bridgehead atoms. The number of benzene rings is 1. The van der Waals surface area contributed by atoms with E-state index < -0.39 is 0 Å². The minimum absolute atomic E-state index is 0.271. The van der Waals surface area contributed by atoms with E-state index in [2.05, 4.69) is 67.0 Å². The smallest absolute Gasteiger partial charge is 0.107 e. The molecule has 1 atom stereocenters. The van der Waals surface area contributed by atoms with Crippen LogP contribution in [0.5, 0.6) is 0 Å². The van der Waals surface area contributed by atoms with Crippen molar-refractivity contribution in [3.8, 4) is 0 Å². The average Bonchev–Trinajstić information content (AvgIpc) is 2.74. The summed E-state index contributed by atoms with van der Waals surface area (Å²) in [6.07, 6.45) is 4.48. The highest BCUT2D eigenvalue weighted by Crippen LogP contribution is 2.32. The number of alkyl halides is 1. The van der Waals surface area contributed by atoms with Crippen LogP contribution in [0.4, 0.5) is 0 Å². The van der Waals surface area contributed by atoms with Gasteiger partial charge in [-0.25, -0.2) is 4.98 Å². The molecule has 0 aliphatic carbocycles. The van der Waals surface area contributed by atoms with Gasteiger partial charge in [0.05, 0.1) is 0 Å². The average molecular weight is 344 g/mol. The van der Waals surface area contributed by atoms with Gasteiger partial charge in [0, 0.05) is 28.1 Å². The Bertz CT molecular complexity index is 466. The molecule has 0 aliphatic heterocycles. The monoisotopic (exact) mass is 342 g/mol. The summed E-state index contributed by atoms with van der Waals surface area (Å²) >= 11 is 7.28. The molecular formula is C12H12Br2N2. The van der Waals surface area contributed by atoms with Crippen molar-refractivity contribution in [2.45, 2.75) is 18.2 Å². The third kappa shape index (κ3) is 2.74. The third-order valence-electron chi connectivity index (χ3n) is 2.42. The minimum Gasteiger partial charge on any atom is -0.349 e. The number of nitrogens with one attached hydrogen (secondary N) is 1. The van der Waals surface area contributed by atoms with Gasteiger partial charge in [-0.05, 0) is 18.6 Å². The van der Waals surface area contributed by atoms with Crippen LogP contribution in [0, 0.1) is 6.92 Å². The number of nitrogens with zero attached hydrogens (tertiary/aromatic N) is 1. The number of H-pyrrole nitrogens is 1. The zero-order chi connectivity index (χ0) is 11.5. The molecule has 2 aromatic rings. The van der Waals surface area contributed by atoms with Crippen LogP contribution in [0.1, 0.15) is 21.8 Å². The van der Waals surface area contributed by atoms with Gasteiger partial charge in [-0.3, -0.25) is 0 Å². The van der Waals surface area contributed by atoms with Crippen molar-refractivity contribution < 1.29 is 0 Å². The van der Waals surface area contributed by atoms with Crippen molar-refractivity contribution in [1.82, 2.24) is 9.97 Å². The standard InChI is InChI=1S/C12H12Br2N2/c1-8-2-3-10(13)9(6-8)11(14)7-12-15-4-5-16-12/h2-6,11H,7H2,1H3,(H,15,16). The quantitative estimate of drug-likeness (QED) is 0.833. The molecule has 1 N–H and O–H groups in total. The molecule has 1 unspecified atom stereocenters. The zero-order valence-electron chi connectivity index (χ0n) is 8.87. The van der Waals surface area contributed by atoms with Crippen molar-refractivity contribution in [3.05, 3.63) is 52.0 Å². The number of rotatable bonds is 3. The first kappa shape index (κ1) is 11.9. The molecule has 0 spiro atoms. The van der Waals surface area contributed by atoms with Crippen LogP contribution < -0.4 is 0 Å². The highest BCUT2D eigenvalue weighted by molar-refractivity contribution is 9.11. The molecule has 2 nitrogen and oxygen atoms in total. The SMILES string of the molecule is Cc1ccc(Br)c(C(Br)Cc2ncc[nH]2)c1. The predicted octanol–water partition coefficient (Wildman–Crippen LogP) is 4.16. The maximum atomic E-state index is 4.23. The van der Waals surface area contributed by atoms with E-state index in [4.69, 9.17) is 0 Å². The summed E-state index contributed by atoms with van der Waals surface area (Å²) in [5.74, 6) is 0.996. The number of aromatic amines is 1. The summed E-state index contributed by atoms with van der Waals surface area (Å²) in [6.45, 7) is 2.10. The van der Waals surface area contributed by atoms with Crippen molar-refractivity contribution in [1.29, 1.82) is 0 Å². The summed E-state index contributed by atoms with van der Waals surface area (Å²) < 4.78 is 1.13. The molecule has 84 valence electrons. The Balaban J connectivity index is 2.20. The van der Waals surface area contributed by atoms with Gasteiger partial charge < -0.3 is 4.98 Å². The number of hydrogen-bond acceptors (Lipinski definition) is 1. The van der Waals surface area contributed by atoms with E-state index in [1.807, 2.05) is 6.20 Å². The number of hydrogen-bond donors (Lipinski definition) is 1. The van der Waals surface area contributed by atoms with Gasteiger partial charge in [-0.2, -0.15) is 0 Å². The predicted molar refractivity (Wildman–Crippen MR) is 72.8 cm³/mol. The van der Waals surface area contributed by atoms with Crippen LogP contribution in [0.25, 0.3) is 0 Å². The van der Waals surface area contributed by atoms with Gasteiger partial charge >= 0.3 is 0 Å². The second kappa shape index (κ2) is 5.15. The molecule has 0 radical (unpaired) electrons. The van der Waals surface area contributed by atoms with Crippen LogP contribution in [0.2, 0.25) is 0 Å². The Morgan fingerprint density at radius 2 is 2.25 bits per heavy atom. The molecule has 1 aromatic carbocycles. The Labute approximate surface area is 112 Å². The highest BCUT2D eigenvalue weighted by Gasteiger charge is 2.13. The van der Waals surface area contributed by atoms with Crippen LogP contribution in [0.3, 0.4) is 0 Å². The second-order valence-electron chi connectivity index (χ2n) is 3.73. The summed E-state index contributed by atoms with van der Waals surface area (Å²) in [4.78, 5) is 7.62. The lowest BCUT2D eigenvalue weighted by Crippen LogP contribution is -1.98. The first-order valence-electron chi connectivity index (χ1n) is 5.05. The lowest BCUT2D eigenvalue weighted by molar-refractivity contribution is 0.872. The van der Waals surface area contributed by atoms with Crippen molar-refractivity contribution in [2.75, 3.05) is 0 Å². The molecule has 16 heavy (non-hydrogen) atoms. The van der Waals surface area contributed by atoms with Crippen molar-refractivity contribution >= 4 is 31.9 Å². The highest BCUT2D eigenvalue weighted by atomic mass is 79.9. The fourth-order valence-electron chi connectivity index (χ4n) is 1.59. The summed E-state index contributed by atoms with van der Waals surface area (Å²) in [5.41, 5.74) is 2.53. The number of aromatic nitrogens is 2. The molecule has 0 saturated heterocycles. The third-order valence-corrected chi connectivity index (χ3v) is 3.96. The van der Waals surface area contributed by atoms with Crippen LogP contribution in [-0.4, -0.2) is 9.97 Å². The molecule has 0 saturated carbocycles. The molecule has 1 heterocycles. The Morgan fingerprint density at radius 3 is 2.94 bits per heavy atom. The first-order chi connectivity index (χ1) is 7.66. The molecule has 2 rings (SSSR count). The largest absolute Gasteiger partial charge is 0.349 e. The molecule has 0 amide bonds. The van der Waals surface area contributed by atoms with Crippen LogP contribution in [0.15, 0.2) is 35.1 Å². The van der Waals surface area contributed by atoms with E-state index in [0.717, 1.165) is 16.7 Å². The second-order valence-corrected chi connectivity index (χ2v) is 5.69. The Kier molecular flexibility index (Phi) is 3.82. The van der Waals surface area contributed by atoms with Gasteiger partial charge in [0.1, 0.15) is 5.82 Å². The van der Waals surface area contributed by atoms with Crippen LogP contribution >= 0.6 is 31.9 Å². The van der Waals surface area contributed by atoms with E-state index in [1.165, 1.54) is 11.1 Å². The number of aryl methyl sites for hydroxylation is 1. The lowest BCUT2D eigenvalue weighted by atomic mass is 10.1. The van der Waals surface area contributed by atoms with Crippen molar-refractivity contribution in [2.24, 2.45) is 0 Å². The number of imidazole rings is 1. The summed E-state index contributed by atoms with van der Waals surface area (Å²) in [5, 5.41) is 0. The van der Waals surface area contributed by atoms with Gasteiger partial charge in [0.25, 0.3) is 0 Å².